The van der Waals surface area contributed by atoms with E-state index in [0.29, 0.717) is 11.3 Å². The Morgan fingerprint density at radius 1 is 1.33 bits per heavy atom. The van der Waals surface area contributed by atoms with Crippen LogP contribution >= 0.6 is 0 Å². The van der Waals surface area contributed by atoms with Gasteiger partial charge in [-0.2, -0.15) is 5.10 Å². The van der Waals surface area contributed by atoms with Gasteiger partial charge in [-0.25, -0.2) is 17.8 Å². The Bertz CT molecular complexity index is 1280. The van der Waals surface area contributed by atoms with Gasteiger partial charge in [0.05, 0.1) is 17.7 Å². The lowest BCUT2D eigenvalue weighted by Gasteiger charge is -2.14. The minimum atomic E-state index is -4.13. The van der Waals surface area contributed by atoms with E-state index in [-0.39, 0.29) is 23.9 Å². The van der Waals surface area contributed by atoms with E-state index in [4.69, 9.17) is 9.15 Å². The summed E-state index contributed by atoms with van der Waals surface area (Å²) in [5.41, 5.74) is 0.0184. The zero-order valence-electron chi connectivity index (χ0n) is 18.4. The highest BCUT2D eigenvalue weighted by molar-refractivity contribution is 7.89. The van der Waals surface area contributed by atoms with Crippen molar-refractivity contribution in [1.82, 2.24) is 19.8 Å². The van der Waals surface area contributed by atoms with Gasteiger partial charge in [0.15, 0.2) is 5.69 Å². The van der Waals surface area contributed by atoms with Crippen LogP contribution in [0, 0.1) is 17.0 Å². The fourth-order valence-electron chi connectivity index (χ4n) is 3.02. The van der Waals surface area contributed by atoms with E-state index < -0.39 is 37.5 Å². The minimum Gasteiger partial charge on any atom is -0.467 e. The standard InChI is InChI=1S/C20H23N5O7S/c1-12(2)23-33(29,30)17-10-14(25(27)28)7-8-16(17)32-20-13(3)18(22-24(20)4)19(26)21-11-15-6-5-9-31-15/h5-10,12,23H,11H2,1-4H3,(H,21,26). The summed E-state index contributed by atoms with van der Waals surface area (Å²) < 4.78 is 40.3. The summed E-state index contributed by atoms with van der Waals surface area (Å²) >= 11 is 0. The lowest BCUT2D eigenvalue weighted by Crippen LogP contribution is -2.30. The number of carbonyl (C=O) groups is 1. The van der Waals surface area contributed by atoms with Gasteiger partial charge in [0.2, 0.25) is 15.9 Å². The molecule has 3 aromatic rings. The van der Waals surface area contributed by atoms with Crippen molar-refractivity contribution >= 4 is 21.6 Å². The van der Waals surface area contributed by atoms with E-state index in [9.17, 15) is 23.3 Å². The topological polar surface area (TPSA) is 159 Å². The molecule has 2 heterocycles. The number of aromatic nitrogens is 2. The maximum atomic E-state index is 12.8. The summed E-state index contributed by atoms with van der Waals surface area (Å²) in [4.78, 5) is 22.7. The third-order valence-electron chi connectivity index (χ3n) is 4.46. The second kappa shape index (κ2) is 9.42. The number of rotatable bonds is 9. The number of nitrogens with one attached hydrogen (secondary N) is 2. The van der Waals surface area contributed by atoms with Crippen molar-refractivity contribution in [3.63, 3.8) is 0 Å². The number of carbonyl (C=O) groups excluding carboxylic acids is 1. The summed E-state index contributed by atoms with van der Waals surface area (Å²) in [6, 6.07) is 6.20. The molecule has 1 aromatic carbocycles. The molecule has 3 rings (SSSR count). The van der Waals surface area contributed by atoms with Gasteiger partial charge in [-0.1, -0.05) is 0 Å². The highest BCUT2D eigenvalue weighted by atomic mass is 32.2. The fourth-order valence-corrected chi connectivity index (χ4v) is 4.42. The smallest absolute Gasteiger partial charge is 0.272 e. The van der Waals surface area contributed by atoms with Crippen LogP contribution in [0.2, 0.25) is 0 Å². The summed E-state index contributed by atoms with van der Waals surface area (Å²) in [6.45, 7) is 4.99. The van der Waals surface area contributed by atoms with Crippen LogP contribution in [0.25, 0.3) is 0 Å². The number of furan rings is 1. The van der Waals surface area contributed by atoms with E-state index in [1.807, 2.05) is 0 Å². The third-order valence-corrected chi connectivity index (χ3v) is 6.14. The van der Waals surface area contributed by atoms with E-state index in [2.05, 4.69) is 15.1 Å². The molecule has 2 aromatic heterocycles. The molecule has 0 saturated carbocycles. The Morgan fingerprint density at radius 3 is 2.67 bits per heavy atom. The number of sulfonamides is 1. The minimum absolute atomic E-state index is 0.0747. The number of nitro benzene ring substituents is 1. The molecule has 0 aliphatic carbocycles. The van der Waals surface area contributed by atoms with Crippen molar-refractivity contribution < 1.29 is 27.3 Å². The molecule has 0 unspecified atom stereocenters. The first-order valence-corrected chi connectivity index (χ1v) is 11.3. The number of non-ortho nitro benzene ring substituents is 1. The lowest BCUT2D eigenvalue weighted by molar-refractivity contribution is -0.385. The third kappa shape index (κ3) is 5.38. The maximum absolute atomic E-state index is 12.8. The largest absolute Gasteiger partial charge is 0.467 e. The molecule has 0 bridgehead atoms. The Morgan fingerprint density at radius 2 is 2.06 bits per heavy atom. The maximum Gasteiger partial charge on any atom is 0.272 e. The van der Waals surface area contributed by atoms with E-state index in [0.717, 1.165) is 12.1 Å². The van der Waals surface area contributed by atoms with Gasteiger partial charge in [-0.15, -0.1) is 0 Å². The van der Waals surface area contributed by atoms with Crippen LogP contribution in [-0.2, 0) is 23.6 Å². The SMILES string of the molecule is Cc1c(C(=O)NCc2ccco2)nn(C)c1Oc1ccc([N+](=O)[O-])cc1S(=O)(=O)NC(C)C. The van der Waals surface area contributed by atoms with Gasteiger partial charge in [-0.05, 0) is 39.0 Å². The monoisotopic (exact) mass is 477 g/mol. The van der Waals surface area contributed by atoms with Gasteiger partial charge in [0, 0.05) is 30.8 Å². The summed E-state index contributed by atoms with van der Waals surface area (Å²) in [5.74, 6) is 0.0366. The fraction of sp³-hybridized carbons (Fsp3) is 0.300. The molecule has 0 saturated heterocycles. The second-order valence-corrected chi connectivity index (χ2v) is 9.11. The zero-order chi connectivity index (χ0) is 24.3. The number of hydrogen-bond acceptors (Lipinski definition) is 8. The van der Waals surface area contributed by atoms with Crippen LogP contribution < -0.4 is 14.8 Å². The van der Waals surface area contributed by atoms with Crippen LogP contribution in [0.5, 0.6) is 11.6 Å². The zero-order valence-corrected chi connectivity index (χ0v) is 19.2. The van der Waals surface area contributed by atoms with Crippen LogP contribution in [-0.4, -0.2) is 35.1 Å². The quantitative estimate of drug-likeness (QED) is 0.351. The van der Waals surface area contributed by atoms with Gasteiger partial charge in [-0.3, -0.25) is 14.9 Å². The molecule has 176 valence electrons. The second-order valence-electron chi connectivity index (χ2n) is 7.43. The van der Waals surface area contributed by atoms with E-state index >= 15 is 0 Å². The van der Waals surface area contributed by atoms with Crippen LogP contribution in [0.15, 0.2) is 45.9 Å². The lowest BCUT2D eigenvalue weighted by atomic mass is 10.2. The molecular formula is C20H23N5O7S. The van der Waals surface area contributed by atoms with Gasteiger partial charge in [0.1, 0.15) is 16.4 Å². The Kier molecular flexibility index (Phi) is 6.84. The summed E-state index contributed by atoms with van der Waals surface area (Å²) in [7, 11) is -2.61. The Balaban J connectivity index is 1.94. The number of aryl methyl sites for hydroxylation is 1. The highest BCUT2D eigenvalue weighted by Gasteiger charge is 2.27. The number of nitro groups is 1. The first-order chi connectivity index (χ1) is 15.5. The number of amides is 1. The average molecular weight is 477 g/mol. The van der Waals surface area contributed by atoms with Crippen LogP contribution in [0.1, 0.15) is 35.7 Å². The average Bonchev–Trinajstić information content (AvgIpc) is 3.35. The molecule has 0 aliphatic heterocycles. The highest BCUT2D eigenvalue weighted by Crippen LogP contribution is 2.34. The first kappa shape index (κ1) is 23.9. The molecule has 12 nitrogen and oxygen atoms in total. The molecule has 0 atom stereocenters. The molecule has 1 amide bonds. The van der Waals surface area contributed by atoms with Crippen molar-refractivity contribution in [3.05, 3.63) is 63.7 Å². The van der Waals surface area contributed by atoms with Gasteiger partial charge < -0.3 is 14.5 Å². The van der Waals surface area contributed by atoms with Gasteiger partial charge >= 0.3 is 0 Å². The van der Waals surface area contributed by atoms with Crippen molar-refractivity contribution in [2.75, 3.05) is 0 Å². The van der Waals surface area contributed by atoms with Crippen LogP contribution in [0.4, 0.5) is 5.69 Å². The van der Waals surface area contributed by atoms with Crippen molar-refractivity contribution in [2.45, 2.75) is 38.3 Å². The number of hydrogen-bond donors (Lipinski definition) is 2. The van der Waals surface area contributed by atoms with Crippen molar-refractivity contribution in [3.8, 4) is 11.6 Å². The predicted molar refractivity (Wildman–Crippen MR) is 116 cm³/mol. The summed E-state index contributed by atoms with van der Waals surface area (Å²) in [6.07, 6.45) is 1.49. The normalized spacial score (nSPS) is 11.5. The van der Waals surface area contributed by atoms with Crippen molar-refractivity contribution in [2.24, 2.45) is 7.05 Å². The Hall–Kier alpha value is -3.71. The number of ether oxygens (including phenoxy) is 1. The van der Waals surface area contributed by atoms with Crippen LogP contribution in [0.3, 0.4) is 0 Å². The molecular weight excluding hydrogens is 454 g/mol. The molecule has 0 aliphatic rings. The molecule has 0 radical (unpaired) electrons. The first-order valence-electron chi connectivity index (χ1n) is 9.82. The van der Waals surface area contributed by atoms with Gasteiger partial charge in [0.25, 0.3) is 11.6 Å². The molecule has 33 heavy (non-hydrogen) atoms. The number of nitrogens with zero attached hydrogens (tertiary/aromatic N) is 3. The predicted octanol–water partition coefficient (Wildman–Crippen LogP) is 2.64. The summed E-state index contributed by atoms with van der Waals surface area (Å²) in [5, 5.41) is 18.0. The van der Waals surface area contributed by atoms with Crippen molar-refractivity contribution in [1.29, 1.82) is 0 Å². The molecule has 2 N–H and O–H groups in total. The van der Waals surface area contributed by atoms with E-state index in [1.54, 1.807) is 32.9 Å². The molecule has 0 fully saturated rings. The van der Waals surface area contributed by atoms with E-state index in [1.165, 1.54) is 24.1 Å². The number of benzene rings is 1. The molecule has 0 spiro atoms. The molecule has 13 heteroatoms. The Labute approximate surface area is 189 Å².